The van der Waals surface area contributed by atoms with Gasteiger partial charge in [-0.3, -0.25) is 4.79 Å². The molecule has 4 nitrogen and oxygen atoms in total. The van der Waals surface area contributed by atoms with E-state index >= 15 is 0 Å². The third kappa shape index (κ3) is 4.75. The van der Waals surface area contributed by atoms with Crippen molar-refractivity contribution in [2.45, 2.75) is 26.3 Å². The fraction of sp³-hybridized carbons (Fsp3) is 0.500. The maximum absolute atomic E-state index is 11.3. The van der Waals surface area contributed by atoms with Gasteiger partial charge in [0.25, 0.3) is 0 Å². The summed E-state index contributed by atoms with van der Waals surface area (Å²) in [5.74, 6) is 0.945. The summed E-state index contributed by atoms with van der Waals surface area (Å²) in [5, 5.41) is 6.10. The van der Waals surface area contributed by atoms with Crippen LogP contribution in [0.25, 0.3) is 0 Å². The van der Waals surface area contributed by atoms with Crippen molar-refractivity contribution in [3.8, 4) is 5.75 Å². The van der Waals surface area contributed by atoms with Gasteiger partial charge >= 0.3 is 0 Å². The van der Waals surface area contributed by atoms with Gasteiger partial charge in [-0.1, -0.05) is 12.1 Å². The average molecular weight is 250 g/mol. The van der Waals surface area contributed by atoms with E-state index in [1.165, 1.54) is 5.56 Å². The second-order valence-electron chi connectivity index (χ2n) is 4.15. The molecule has 1 rings (SSSR count). The second kappa shape index (κ2) is 7.71. The number of benzene rings is 1. The summed E-state index contributed by atoms with van der Waals surface area (Å²) in [5.41, 5.74) is 1.19. The van der Waals surface area contributed by atoms with Gasteiger partial charge in [-0.2, -0.15) is 0 Å². The molecule has 0 heterocycles. The summed E-state index contributed by atoms with van der Waals surface area (Å²) in [6.07, 6.45) is 0.508. The molecule has 0 bridgehead atoms. The summed E-state index contributed by atoms with van der Waals surface area (Å²) in [6, 6.07) is 8.17. The zero-order valence-corrected chi connectivity index (χ0v) is 11.3. The quantitative estimate of drug-likeness (QED) is 0.776. The van der Waals surface area contributed by atoms with Crippen molar-refractivity contribution < 1.29 is 9.53 Å². The lowest BCUT2D eigenvalue weighted by molar-refractivity contribution is -0.120. The Hall–Kier alpha value is -1.55. The van der Waals surface area contributed by atoms with Gasteiger partial charge < -0.3 is 15.4 Å². The SMILES string of the molecule is CCNC(=O)CCN[C@H](C)c1ccc(OC)cc1. The highest BCUT2D eigenvalue weighted by Gasteiger charge is 2.06. The number of nitrogens with one attached hydrogen (secondary N) is 2. The number of methoxy groups -OCH3 is 1. The zero-order chi connectivity index (χ0) is 13.4. The van der Waals surface area contributed by atoms with Crippen LogP contribution in [0.3, 0.4) is 0 Å². The number of amides is 1. The van der Waals surface area contributed by atoms with Crippen LogP contribution in [0.1, 0.15) is 31.9 Å². The summed E-state index contributed by atoms with van der Waals surface area (Å²) in [4.78, 5) is 11.3. The fourth-order valence-electron chi connectivity index (χ4n) is 1.70. The molecule has 4 heteroatoms. The van der Waals surface area contributed by atoms with E-state index in [1.807, 2.05) is 31.2 Å². The highest BCUT2D eigenvalue weighted by atomic mass is 16.5. The van der Waals surface area contributed by atoms with Crippen LogP contribution in [0.5, 0.6) is 5.75 Å². The van der Waals surface area contributed by atoms with Gasteiger partial charge in [0.05, 0.1) is 7.11 Å². The Kier molecular flexibility index (Phi) is 6.22. The van der Waals surface area contributed by atoms with Crippen LogP contribution in [0, 0.1) is 0 Å². The predicted octanol–water partition coefficient (Wildman–Crippen LogP) is 1.87. The number of carbonyl (C=O) groups excluding carboxylic acids is 1. The average Bonchev–Trinajstić information content (AvgIpc) is 2.39. The Balaban J connectivity index is 2.35. The molecule has 0 aliphatic rings. The van der Waals surface area contributed by atoms with Crippen molar-refractivity contribution in [1.29, 1.82) is 0 Å². The third-order valence-corrected chi connectivity index (χ3v) is 2.79. The minimum Gasteiger partial charge on any atom is -0.497 e. The standard InChI is InChI=1S/C14H22N2O2/c1-4-15-14(17)9-10-16-11(2)12-5-7-13(18-3)8-6-12/h5-8,11,16H,4,9-10H2,1-3H3,(H,15,17)/t11-/m1/s1. The molecule has 0 radical (unpaired) electrons. The van der Waals surface area contributed by atoms with Crippen LogP contribution in [0.15, 0.2) is 24.3 Å². The number of hydrogen-bond acceptors (Lipinski definition) is 3. The molecule has 0 unspecified atom stereocenters. The zero-order valence-electron chi connectivity index (χ0n) is 11.3. The Bertz CT molecular complexity index is 363. The summed E-state index contributed by atoms with van der Waals surface area (Å²) in [7, 11) is 1.66. The monoisotopic (exact) mass is 250 g/mol. The van der Waals surface area contributed by atoms with Crippen molar-refractivity contribution >= 4 is 5.91 Å². The first-order chi connectivity index (χ1) is 8.67. The van der Waals surface area contributed by atoms with E-state index in [0.717, 1.165) is 5.75 Å². The van der Waals surface area contributed by atoms with Gasteiger partial charge in [-0.25, -0.2) is 0 Å². The van der Waals surface area contributed by atoms with Gasteiger partial charge in [-0.05, 0) is 31.5 Å². The van der Waals surface area contributed by atoms with Crippen molar-refractivity contribution in [2.24, 2.45) is 0 Å². The lowest BCUT2D eigenvalue weighted by Gasteiger charge is -2.14. The first-order valence-electron chi connectivity index (χ1n) is 6.31. The lowest BCUT2D eigenvalue weighted by Crippen LogP contribution is -2.28. The maximum Gasteiger partial charge on any atom is 0.221 e. The van der Waals surface area contributed by atoms with Crippen LogP contribution >= 0.6 is 0 Å². The Morgan fingerprint density at radius 1 is 1.33 bits per heavy atom. The smallest absolute Gasteiger partial charge is 0.221 e. The topological polar surface area (TPSA) is 50.4 Å². The van der Waals surface area contributed by atoms with Crippen LogP contribution in [0.2, 0.25) is 0 Å². The second-order valence-corrected chi connectivity index (χ2v) is 4.15. The van der Waals surface area contributed by atoms with Crippen molar-refractivity contribution in [3.63, 3.8) is 0 Å². The molecular formula is C14H22N2O2. The molecule has 1 atom stereocenters. The Morgan fingerprint density at radius 3 is 2.56 bits per heavy atom. The van der Waals surface area contributed by atoms with Gasteiger partial charge in [0.2, 0.25) is 5.91 Å². The minimum atomic E-state index is 0.0898. The van der Waals surface area contributed by atoms with Gasteiger partial charge in [-0.15, -0.1) is 0 Å². The Morgan fingerprint density at radius 2 is 2.00 bits per heavy atom. The molecule has 100 valence electrons. The van der Waals surface area contributed by atoms with Crippen LogP contribution in [-0.2, 0) is 4.79 Å². The molecule has 0 spiro atoms. The van der Waals surface area contributed by atoms with E-state index in [1.54, 1.807) is 7.11 Å². The van der Waals surface area contributed by atoms with Crippen molar-refractivity contribution in [1.82, 2.24) is 10.6 Å². The van der Waals surface area contributed by atoms with Crippen molar-refractivity contribution in [2.75, 3.05) is 20.2 Å². The van der Waals surface area contributed by atoms with Gasteiger partial charge in [0.15, 0.2) is 0 Å². The summed E-state index contributed by atoms with van der Waals surface area (Å²) < 4.78 is 5.12. The van der Waals surface area contributed by atoms with Gasteiger partial charge in [0, 0.05) is 25.6 Å². The van der Waals surface area contributed by atoms with E-state index in [-0.39, 0.29) is 11.9 Å². The number of hydrogen-bond donors (Lipinski definition) is 2. The maximum atomic E-state index is 11.3. The number of ether oxygens (including phenoxy) is 1. The molecule has 0 aliphatic heterocycles. The van der Waals surface area contributed by atoms with Crippen LogP contribution < -0.4 is 15.4 Å². The predicted molar refractivity (Wildman–Crippen MR) is 72.7 cm³/mol. The molecular weight excluding hydrogens is 228 g/mol. The minimum absolute atomic E-state index is 0.0898. The molecule has 1 aromatic carbocycles. The molecule has 0 saturated carbocycles. The molecule has 0 saturated heterocycles. The molecule has 1 aromatic rings. The van der Waals surface area contributed by atoms with Crippen molar-refractivity contribution in [3.05, 3.63) is 29.8 Å². The van der Waals surface area contributed by atoms with E-state index in [9.17, 15) is 4.79 Å². The first-order valence-corrected chi connectivity index (χ1v) is 6.31. The number of rotatable bonds is 7. The fourth-order valence-corrected chi connectivity index (χ4v) is 1.70. The normalized spacial score (nSPS) is 11.9. The van der Waals surface area contributed by atoms with Gasteiger partial charge in [0.1, 0.15) is 5.75 Å². The largest absolute Gasteiger partial charge is 0.497 e. The van der Waals surface area contributed by atoms with E-state index in [0.29, 0.717) is 19.5 Å². The van der Waals surface area contributed by atoms with Crippen LogP contribution in [0.4, 0.5) is 0 Å². The molecule has 0 aromatic heterocycles. The third-order valence-electron chi connectivity index (χ3n) is 2.79. The Labute approximate surface area is 109 Å². The van der Waals surface area contributed by atoms with E-state index in [2.05, 4.69) is 17.6 Å². The number of carbonyl (C=O) groups is 1. The molecule has 2 N–H and O–H groups in total. The highest BCUT2D eigenvalue weighted by molar-refractivity contribution is 5.75. The molecule has 1 amide bonds. The highest BCUT2D eigenvalue weighted by Crippen LogP contribution is 2.16. The molecule has 18 heavy (non-hydrogen) atoms. The summed E-state index contributed by atoms with van der Waals surface area (Å²) >= 11 is 0. The van der Waals surface area contributed by atoms with Crippen LogP contribution in [-0.4, -0.2) is 26.1 Å². The first kappa shape index (κ1) is 14.5. The molecule has 0 aliphatic carbocycles. The lowest BCUT2D eigenvalue weighted by atomic mass is 10.1. The molecule has 0 fully saturated rings. The summed E-state index contributed by atoms with van der Waals surface area (Å²) in [6.45, 7) is 5.37. The van der Waals surface area contributed by atoms with E-state index in [4.69, 9.17) is 4.74 Å². The van der Waals surface area contributed by atoms with E-state index < -0.39 is 0 Å².